The molecule has 0 bridgehead atoms. The number of ether oxygens (including phenoxy) is 1. The molecule has 1 aliphatic rings. The van der Waals surface area contributed by atoms with Gasteiger partial charge in [-0.1, -0.05) is 12.8 Å². The van der Waals surface area contributed by atoms with Crippen molar-refractivity contribution in [2.24, 2.45) is 4.99 Å². The van der Waals surface area contributed by atoms with Crippen LogP contribution >= 0.6 is 0 Å². The molecule has 0 unspecified atom stereocenters. The standard InChI is InChI=1S/C14H16FNO4S/c1-20-13-11(14(16-9-17)5-3-4-6-14)7-10(15)8-12(13)21(2,18)19/h7-8H,3-6H2,1-2H3. The predicted octanol–water partition coefficient (Wildman–Crippen LogP) is 2.34. The number of hydrogen-bond donors (Lipinski definition) is 0. The Labute approximate surface area is 122 Å². The van der Waals surface area contributed by atoms with E-state index in [0.717, 1.165) is 25.2 Å². The van der Waals surface area contributed by atoms with E-state index in [9.17, 15) is 17.6 Å². The van der Waals surface area contributed by atoms with Gasteiger partial charge in [-0.25, -0.2) is 17.6 Å². The van der Waals surface area contributed by atoms with E-state index >= 15 is 0 Å². The van der Waals surface area contributed by atoms with Crippen LogP contribution in [0.1, 0.15) is 31.2 Å². The summed E-state index contributed by atoms with van der Waals surface area (Å²) < 4.78 is 42.8. The zero-order chi connectivity index (χ0) is 15.7. The molecule has 114 valence electrons. The van der Waals surface area contributed by atoms with E-state index in [1.54, 1.807) is 0 Å². The molecule has 0 saturated heterocycles. The molecule has 0 heterocycles. The second-order valence-corrected chi connectivity index (χ2v) is 7.18. The number of sulfone groups is 1. The molecule has 21 heavy (non-hydrogen) atoms. The Hall–Kier alpha value is -1.72. The molecule has 1 aromatic rings. The molecular weight excluding hydrogens is 297 g/mol. The Morgan fingerprint density at radius 2 is 1.95 bits per heavy atom. The van der Waals surface area contributed by atoms with Gasteiger partial charge in [0.1, 0.15) is 22.0 Å². The fourth-order valence-electron chi connectivity index (χ4n) is 2.89. The second kappa shape index (κ2) is 5.58. The Morgan fingerprint density at radius 3 is 2.43 bits per heavy atom. The van der Waals surface area contributed by atoms with E-state index in [0.29, 0.717) is 18.4 Å². The SMILES string of the molecule is COc1c(C2(N=C=O)CCCC2)cc(F)cc1S(C)(=O)=O. The van der Waals surface area contributed by atoms with Crippen LogP contribution in [0.4, 0.5) is 4.39 Å². The summed E-state index contributed by atoms with van der Waals surface area (Å²) in [5, 5.41) is 0. The van der Waals surface area contributed by atoms with Crippen LogP contribution in [0.2, 0.25) is 0 Å². The van der Waals surface area contributed by atoms with Gasteiger partial charge in [-0.05, 0) is 25.0 Å². The largest absolute Gasteiger partial charge is 0.495 e. The molecule has 7 heteroatoms. The quantitative estimate of drug-likeness (QED) is 0.632. The van der Waals surface area contributed by atoms with Gasteiger partial charge in [0.15, 0.2) is 9.84 Å². The van der Waals surface area contributed by atoms with Gasteiger partial charge in [0.2, 0.25) is 6.08 Å². The summed E-state index contributed by atoms with van der Waals surface area (Å²) in [4.78, 5) is 14.4. The molecule has 5 nitrogen and oxygen atoms in total. The molecule has 0 atom stereocenters. The van der Waals surface area contributed by atoms with Crippen LogP contribution in [0.25, 0.3) is 0 Å². The number of benzene rings is 1. The van der Waals surface area contributed by atoms with Crippen LogP contribution in [0, 0.1) is 5.82 Å². The lowest BCUT2D eigenvalue weighted by Crippen LogP contribution is -2.21. The van der Waals surface area contributed by atoms with Gasteiger partial charge >= 0.3 is 0 Å². The Morgan fingerprint density at radius 1 is 1.33 bits per heavy atom. The molecule has 0 aliphatic heterocycles. The zero-order valence-electron chi connectivity index (χ0n) is 11.8. The second-order valence-electron chi connectivity index (χ2n) is 5.20. The summed E-state index contributed by atoms with van der Waals surface area (Å²) in [7, 11) is -2.35. The topological polar surface area (TPSA) is 72.8 Å². The Bertz CT molecular complexity index is 702. The summed E-state index contributed by atoms with van der Waals surface area (Å²) in [6, 6.07) is 2.12. The van der Waals surface area contributed by atoms with Crippen molar-refractivity contribution in [3.8, 4) is 5.75 Å². The third-order valence-corrected chi connectivity index (χ3v) is 4.92. The normalized spacial score (nSPS) is 17.3. The summed E-state index contributed by atoms with van der Waals surface area (Å²) in [6.07, 6.45) is 5.21. The van der Waals surface area contributed by atoms with Crippen molar-refractivity contribution in [3.63, 3.8) is 0 Å². The fraction of sp³-hybridized carbons (Fsp3) is 0.500. The van der Waals surface area contributed by atoms with E-state index in [-0.39, 0.29) is 10.6 Å². The van der Waals surface area contributed by atoms with Crippen molar-refractivity contribution in [3.05, 3.63) is 23.5 Å². The highest BCUT2D eigenvalue weighted by Gasteiger charge is 2.40. The average molecular weight is 313 g/mol. The number of halogens is 1. The molecule has 0 spiro atoms. The van der Waals surface area contributed by atoms with E-state index in [1.807, 2.05) is 0 Å². The first kappa shape index (κ1) is 15.7. The molecular formula is C14H16FNO4S. The summed E-state index contributed by atoms with van der Waals surface area (Å²) in [6.45, 7) is 0. The number of methoxy groups -OCH3 is 1. The lowest BCUT2D eigenvalue weighted by Gasteiger charge is -2.26. The number of nitrogens with zero attached hydrogens (tertiary/aromatic N) is 1. The summed E-state index contributed by atoms with van der Waals surface area (Å²) >= 11 is 0. The Balaban J connectivity index is 2.79. The predicted molar refractivity (Wildman–Crippen MR) is 74.3 cm³/mol. The molecule has 0 N–H and O–H groups in total. The first-order valence-corrected chi connectivity index (χ1v) is 8.40. The van der Waals surface area contributed by atoms with Gasteiger partial charge in [-0.2, -0.15) is 4.99 Å². The van der Waals surface area contributed by atoms with E-state index in [2.05, 4.69) is 4.99 Å². The molecule has 1 fully saturated rings. The maximum atomic E-state index is 13.9. The molecule has 1 saturated carbocycles. The lowest BCUT2D eigenvalue weighted by molar-refractivity contribution is 0.366. The number of hydrogen-bond acceptors (Lipinski definition) is 5. The van der Waals surface area contributed by atoms with Crippen molar-refractivity contribution >= 4 is 15.9 Å². The van der Waals surface area contributed by atoms with Crippen LogP contribution in [0.15, 0.2) is 22.0 Å². The third-order valence-electron chi connectivity index (χ3n) is 3.81. The van der Waals surface area contributed by atoms with Crippen LogP contribution in [-0.2, 0) is 20.2 Å². The van der Waals surface area contributed by atoms with Crippen molar-refractivity contribution in [2.75, 3.05) is 13.4 Å². The lowest BCUT2D eigenvalue weighted by atomic mass is 9.88. The average Bonchev–Trinajstić information content (AvgIpc) is 2.87. The number of aliphatic imine (C=N–C) groups is 1. The van der Waals surface area contributed by atoms with Crippen molar-refractivity contribution in [2.45, 2.75) is 36.1 Å². The van der Waals surface area contributed by atoms with Crippen LogP contribution < -0.4 is 4.74 Å². The van der Waals surface area contributed by atoms with Gasteiger partial charge in [-0.3, -0.25) is 0 Å². The van der Waals surface area contributed by atoms with Gasteiger partial charge in [0.05, 0.1) is 7.11 Å². The highest BCUT2D eigenvalue weighted by molar-refractivity contribution is 7.90. The third kappa shape index (κ3) is 2.84. The number of isocyanates is 1. The first-order chi connectivity index (χ1) is 9.84. The minimum atomic E-state index is -3.67. The molecule has 0 amide bonds. The van der Waals surface area contributed by atoms with E-state index in [4.69, 9.17) is 4.74 Å². The molecule has 0 aromatic heterocycles. The summed E-state index contributed by atoms with van der Waals surface area (Å²) in [5.41, 5.74) is -0.652. The zero-order valence-corrected chi connectivity index (χ0v) is 12.7. The number of rotatable bonds is 4. The monoisotopic (exact) mass is 313 g/mol. The van der Waals surface area contributed by atoms with Crippen molar-refractivity contribution < 1.29 is 22.3 Å². The van der Waals surface area contributed by atoms with Gasteiger partial charge in [0.25, 0.3) is 0 Å². The summed E-state index contributed by atoms with van der Waals surface area (Å²) in [5.74, 6) is -0.640. The number of carbonyl (C=O) groups excluding carboxylic acids is 1. The highest BCUT2D eigenvalue weighted by atomic mass is 32.2. The first-order valence-electron chi connectivity index (χ1n) is 6.51. The maximum Gasteiger partial charge on any atom is 0.235 e. The van der Waals surface area contributed by atoms with Crippen LogP contribution in [0.5, 0.6) is 5.75 Å². The molecule has 1 aromatic carbocycles. The van der Waals surface area contributed by atoms with Gasteiger partial charge in [0, 0.05) is 11.8 Å². The van der Waals surface area contributed by atoms with Gasteiger partial charge < -0.3 is 4.74 Å². The minimum Gasteiger partial charge on any atom is -0.495 e. The molecule has 0 radical (unpaired) electrons. The molecule has 1 aliphatic carbocycles. The van der Waals surface area contributed by atoms with Crippen LogP contribution in [-0.4, -0.2) is 27.9 Å². The van der Waals surface area contributed by atoms with E-state index in [1.165, 1.54) is 19.3 Å². The fourth-order valence-corrected chi connectivity index (χ4v) is 3.75. The smallest absolute Gasteiger partial charge is 0.235 e. The highest BCUT2D eigenvalue weighted by Crippen LogP contribution is 2.47. The van der Waals surface area contributed by atoms with Crippen molar-refractivity contribution in [1.82, 2.24) is 0 Å². The van der Waals surface area contributed by atoms with Crippen LogP contribution in [0.3, 0.4) is 0 Å². The molecule has 2 rings (SSSR count). The Kier molecular flexibility index (Phi) is 4.16. The maximum absolute atomic E-state index is 13.9. The minimum absolute atomic E-state index is 0.0554. The van der Waals surface area contributed by atoms with Crippen molar-refractivity contribution in [1.29, 1.82) is 0 Å². The van der Waals surface area contributed by atoms with E-state index < -0.39 is 21.2 Å². The van der Waals surface area contributed by atoms with Gasteiger partial charge in [-0.15, -0.1) is 0 Å².